The van der Waals surface area contributed by atoms with Gasteiger partial charge in [-0.15, -0.1) is 0 Å². The van der Waals surface area contributed by atoms with E-state index in [9.17, 15) is 9.90 Å². The molecule has 0 unspecified atom stereocenters. The number of rotatable bonds is 6. The minimum atomic E-state index is -0.193. The Hall–Kier alpha value is -2.77. The van der Waals surface area contributed by atoms with Crippen LogP contribution in [0.3, 0.4) is 0 Å². The number of halogens is 1. The summed E-state index contributed by atoms with van der Waals surface area (Å²) in [6.45, 7) is 1.34. The van der Waals surface area contributed by atoms with E-state index < -0.39 is 0 Å². The van der Waals surface area contributed by atoms with Crippen LogP contribution in [-0.2, 0) is 6.54 Å². The first kappa shape index (κ1) is 19.5. The van der Waals surface area contributed by atoms with Gasteiger partial charge in [-0.1, -0.05) is 17.7 Å². The maximum atomic E-state index is 12.5. The molecule has 8 heteroatoms. The van der Waals surface area contributed by atoms with Crippen molar-refractivity contribution in [2.75, 3.05) is 30.6 Å². The van der Waals surface area contributed by atoms with Crippen molar-refractivity contribution in [1.82, 2.24) is 9.66 Å². The van der Waals surface area contributed by atoms with Gasteiger partial charge in [-0.25, -0.2) is 9.66 Å². The Morgan fingerprint density at radius 2 is 2.10 bits per heavy atom. The molecule has 0 aliphatic carbocycles. The average molecular weight is 415 g/mol. The van der Waals surface area contributed by atoms with Crippen LogP contribution in [0, 0.1) is 0 Å². The van der Waals surface area contributed by atoms with Gasteiger partial charge in [0.2, 0.25) is 0 Å². The van der Waals surface area contributed by atoms with E-state index in [1.807, 2.05) is 18.2 Å². The topological polar surface area (TPSA) is 79.6 Å². The lowest BCUT2D eigenvalue weighted by molar-refractivity contribution is 0.266. The van der Waals surface area contributed by atoms with Crippen LogP contribution in [0.25, 0.3) is 11.0 Å². The summed E-state index contributed by atoms with van der Waals surface area (Å²) in [7, 11) is 1.57. The van der Waals surface area contributed by atoms with Crippen LogP contribution in [0.2, 0.25) is 5.02 Å². The van der Waals surface area contributed by atoms with Crippen LogP contribution in [0.4, 0.5) is 5.82 Å². The zero-order valence-electron chi connectivity index (χ0n) is 16.1. The fraction of sp³-hybridized carbons (Fsp3) is 0.333. The van der Waals surface area contributed by atoms with E-state index in [1.54, 1.807) is 25.3 Å². The normalized spacial score (nSPS) is 16.4. The highest BCUT2D eigenvalue weighted by Crippen LogP contribution is 2.26. The van der Waals surface area contributed by atoms with Gasteiger partial charge in [-0.2, -0.15) is 0 Å². The summed E-state index contributed by atoms with van der Waals surface area (Å²) in [5.41, 5.74) is 4.43. The van der Waals surface area contributed by atoms with E-state index >= 15 is 0 Å². The van der Waals surface area contributed by atoms with Crippen LogP contribution in [0.1, 0.15) is 18.4 Å². The summed E-state index contributed by atoms with van der Waals surface area (Å²) in [6, 6.07) is 12.7. The Bertz CT molecular complexity index is 1090. The lowest BCUT2D eigenvalue weighted by Gasteiger charge is -2.24. The van der Waals surface area contributed by atoms with E-state index in [1.165, 1.54) is 10.7 Å². The number of fused-ring (bicyclic) bond motifs is 1. The minimum absolute atomic E-state index is 0.0678. The maximum Gasteiger partial charge on any atom is 0.270 e. The zero-order valence-corrected chi connectivity index (χ0v) is 16.9. The quantitative estimate of drug-likeness (QED) is 0.645. The number of methoxy groups -OCH3 is 1. The number of benzene rings is 1. The second-order valence-corrected chi connectivity index (χ2v) is 7.47. The van der Waals surface area contributed by atoms with Crippen LogP contribution >= 0.6 is 11.6 Å². The molecule has 1 saturated heterocycles. The number of pyridine rings is 2. The highest BCUT2D eigenvalue weighted by molar-refractivity contribution is 6.32. The molecule has 1 aliphatic heterocycles. The molecule has 0 saturated carbocycles. The summed E-state index contributed by atoms with van der Waals surface area (Å²) >= 11 is 6.20. The Labute approximate surface area is 173 Å². The SMILES string of the molecule is COc1ccc(CNn2c(=O)ccc3ccc(N4CCC[C@H]4CO)nc32)cc1Cl. The summed E-state index contributed by atoms with van der Waals surface area (Å²) in [6.07, 6.45) is 1.96. The standard InChI is InChI=1S/C21H23ClN4O3/c1-29-18-7-4-14(11-17(18)22)12-23-26-20(28)9-6-15-5-8-19(24-21(15)26)25-10-2-3-16(25)13-27/h4-9,11,16,23,27H,2-3,10,12-13H2,1H3/t16-/m0/s1. The molecule has 0 amide bonds. The van der Waals surface area contributed by atoms with Gasteiger partial charge in [-0.05, 0) is 48.7 Å². The number of hydrogen-bond donors (Lipinski definition) is 2. The molecular formula is C21H23ClN4O3. The smallest absolute Gasteiger partial charge is 0.270 e. The molecule has 0 spiro atoms. The molecule has 29 heavy (non-hydrogen) atoms. The van der Waals surface area contributed by atoms with E-state index in [-0.39, 0.29) is 18.2 Å². The van der Waals surface area contributed by atoms with Gasteiger partial charge in [0.05, 0.1) is 31.3 Å². The second kappa shape index (κ2) is 8.31. The second-order valence-electron chi connectivity index (χ2n) is 7.07. The third-order valence-corrected chi connectivity index (χ3v) is 5.56. The molecule has 0 radical (unpaired) electrons. The third kappa shape index (κ3) is 3.88. The lowest BCUT2D eigenvalue weighted by Crippen LogP contribution is -2.33. The molecule has 3 aromatic rings. The number of aliphatic hydroxyl groups excluding tert-OH is 1. The van der Waals surface area contributed by atoms with Crippen molar-refractivity contribution in [3.8, 4) is 5.75 Å². The molecule has 152 valence electrons. The maximum absolute atomic E-state index is 12.5. The van der Waals surface area contributed by atoms with Crippen LogP contribution in [0.15, 0.2) is 47.3 Å². The predicted molar refractivity (Wildman–Crippen MR) is 115 cm³/mol. The van der Waals surface area contributed by atoms with Crippen molar-refractivity contribution < 1.29 is 9.84 Å². The van der Waals surface area contributed by atoms with E-state index in [0.717, 1.165) is 36.2 Å². The van der Waals surface area contributed by atoms with Crippen LogP contribution in [-0.4, -0.2) is 41.1 Å². The van der Waals surface area contributed by atoms with Crippen molar-refractivity contribution in [3.63, 3.8) is 0 Å². The predicted octanol–water partition coefficient (Wildman–Crippen LogP) is 2.76. The Morgan fingerprint density at radius 3 is 2.86 bits per heavy atom. The molecule has 2 aromatic heterocycles. The molecule has 4 rings (SSSR count). The molecule has 1 fully saturated rings. The highest BCUT2D eigenvalue weighted by Gasteiger charge is 2.25. The monoisotopic (exact) mass is 414 g/mol. The van der Waals surface area contributed by atoms with Crippen LogP contribution in [0.5, 0.6) is 5.75 Å². The average Bonchev–Trinajstić information content (AvgIpc) is 3.21. The number of hydrogen-bond acceptors (Lipinski definition) is 6. The zero-order chi connectivity index (χ0) is 20.4. The summed E-state index contributed by atoms with van der Waals surface area (Å²) in [4.78, 5) is 19.4. The van der Waals surface area contributed by atoms with Crippen molar-refractivity contribution in [2.45, 2.75) is 25.4 Å². The van der Waals surface area contributed by atoms with E-state index in [4.69, 9.17) is 21.3 Å². The van der Waals surface area contributed by atoms with Crippen molar-refractivity contribution in [3.05, 3.63) is 63.4 Å². The van der Waals surface area contributed by atoms with Crippen molar-refractivity contribution in [1.29, 1.82) is 0 Å². The molecule has 0 bridgehead atoms. The van der Waals surface area contributed by atoms with Crippen molar-refractivity contribution in [2.24, 2.45) is 0 Å². The first-order chi connectivity index (χ1) is 14.1. The number of aromatic nitrogens is 2. The van der Waals surface area contributed by atoms with Gasteiger partial charge in [0.15, 0.2) is 5.65 Å². The van der Waals surface area contributed by atoms with Gasteiger partial charge < -0.3 is 20.2 Å². The first-order valence-corrected chi connectivity index (χ1v) is 9.95. The summed E-state index contributed by atoms with van der Waals surface area (Å²) in [5.74, 6) is 1.37. The lowest BCUT2D eigenvalue weighted by atomic mass is 10.2. The Morgan fingerprint density at radius 1 is 1.28 bits per heavy atom. The summed E-state index contributed by atoms with van der Waals surface area (Å²) < 4.78 is 6.64. The van der Waals surface area contributed by atoms with E-state index in [0.29, 0.717) is 23.0 Å². The molecule has 1 aliphatic rings. The third-order valence-electron chi connectivity index (χ3n) is 5.27. The minimum Gasteiger partial charge on any atom is -0.495 e. The molecule has 2 N–H and O–H groups in total. The fourth-order valence-corrected chi connectivity index (χ4v) is 4.01. The number of nitrogens with zero attached hydrogens (tertiary/aromatic N) is 3. The molecular weight excluding hydrogens is 392 g/mol. The van der Waals surface area contributed by atoms with E-state index in [2.05, 4.69) is 10.3 Å². The fourth-order valence-electron chi connectivity index (χ4n) is 3.73. The number of anilines is 1. The largest absolute Gasteiger partial charge is 0.495 e. The molecule has 1 aromatic carbocycles. The summed E-state index contributed by atoms with van der Waals surface area (Å²) in [5, 5.41) is 11.0. The molecule has 1 atom stereocenters. The number of aliphatic hydroxyl groups is 1. The molecule has 7 nitrogen and oxygen atoms in total. The van der Waals surface area contributed by atoms with Gasteiger partial charge in [0, 0.05) is 18.0 Å². The number of ether oxygens (including phenoxy) is 1. The Kier molecular flexibility index (Phi) is 5.60. The molecule has 3 heterocycles. The first-order valence-electron chi connectivity index (χ1n) is 9.57. The van der Waals surface area contributed by atoms with Gasteiger partial charge in [0.1, 0.15) is 11.6 Å². The van der Waals surface area contributed by atoms with Gasteiger partial charge in [-0.3, -0.25) is 4.79 Å². The van der Waals surface area contributed by atoms with Crippen LogP contribution < -0.4 is 20.6 Å². The highest BCUT2D eigenvalue weighted by atomic mass is 35.5. The number of nitrogens with one attached hydrogen (secondary N) is 1. The Balaban J connectivity index is 1.66. The van der Waals surface area contributed by atoms with Gasteiger partial charge >= 0.3 is 0 Å². The van der Waals surface area contributed by atoms with Crippen molar-refractivity contribution >= 4 is 28.5 Å². The van der Waals surface area contributed by atoms with Gasteiger partial charge in [0.25, 0.3) is 5.56 Å².